The highest BCUT2D eigenvalue weighted by Crippen LogP contribution is 2.39. The average molecular weight is 300 g/mol. The van der Waals surface area contributed by atoms with Gasteiger partial charge >= 0.3 is 6.18 Å². The topological polar surface area (TPSA) is 17.8 Å². The number of halogens is 3. The van der Waals surface area contributed by atoms with Crippen LogP contribution in [-0.2, 0) is 6.18 Å². The molecule has 2 fully saturated rings. The Labute approximate surface area is 123 Å². The molecule has 0 atom stereocenters. The molecule has 1 heterocycles. The van der Waals surface area contributed by atoms with Crippen molar-refractivity contribution in [2.75, 3.05) is 0 Å². The van der Waals surface area contributed by atoms with E-state index in [4.69, 9.17) is 0 Å². The molecule has 0 aliphatic heterocycles. The Hall–Kier alpha value is -1.00. The number of hydrogen-bond donors (Lipinski definition) is 0. The van der Waals surface area contributed by atoms with E-state index in [2.05, 4.69) is 5.10 Å². The second kappa shape index (κ2) is 6.01. The molecule has 2 nitrogen and oxygen atoms in total. The van der Waals surface area contributed by atoms with Crippen molar-refractivity contribution in [1.82, 2.24) is 9.78 Å². The van der Waals surface area contributed by atoms with Crippen LogP contribution < -0.4 is 0 Å². The Morgan fingerprint density at radius 1 is 0.905 bits per heavy atom. The quantitative estimate of drug-likeness (QED) is 0.709. The van der Waals surface area contributed by atoms with Crippen LogP contribution in [-0.4, -0.2) is 9.78 Å². The minimum absolute atomic E-state index is 0.173. The summed E-state index contributed by atoms with van der Waals surface area (Å²) in [6.45, 7) is 0. The number of alkyl halides is 3. The van der Waals surface area contributed by atoms with E-state index in [0.717, 1.165) is 57.1 Å². The van der Waals surface area contributed by atoms with E-state index in [9.17, 15) is 13.2 Å². The van der Waals surface area contributed by atoms with Gasteiger partial charge in [0, 0.05) is 11.6 Å². The number of hydrogen-bond acceptors (Lipinski definition) is 1. The molecule has 0 radical (unpaired) electrons. The Kier molecular flexibility index (Phi) is 4.27. The highest BCUT2D eigenvalue weighted by atomic mass is 19.4. The van der Waals surface area contributed by atoms with E-state index in [-0.39, 0.29) is 12.0 Å². The van der Waals surface area contributed by atoms with Gasteiger partial charge in [-0.2, -0.15) is 18.3 Å². The van der Waals surface area contributed by atoms with Crippen LogP contribution in [0.4, 0.5) is 13.2 Å². The first kappa shape index (κ1) is 14.9. The van der Waals surface area contributed by atoms with Gasteiger partial charge in [0.15, 0.2) is 5.69 Å². The molecule has 0 aromatic carbocycles. The molecule has 0 bridgehead atoms. The van der Waals surface area contributed by atoms with Crippen molar-refractivity contribution in [2.24, 2.45) is 0 Å². The van der Waals surface area contributed by atoms with Gasteiger partial charge in [0.05, 0.1) is 6.04 Å². The summed E-state index contributed by atoms with van der Waals surface area (Å²) < 4.78 is 40.9. The maximum absolute atomic E-state index is 13.0. The van der Waals surface area contributed by atoms with Crippen LogP contribution in [0.5, 0.6) is 0 Å². The molecule has 5 heteroatoms. The van der Waals surface area contributed by atoms with Crippen molar-refractivity contribution in [1.29, 1.82) is 0 Å². The molecule has 2 aliphatic carbocycles. The fourth-order valence-corrected chi connectivity index (χ4v) is 3.87. The second-order valence-corrected chi connectivity index (χ2v) is 6.52. The molecular weight excluding hydrogens is 277 g/mol. The van der Waals surface area contributed by atoms with Crippen molar-refractivity contribution in [2.45, 2.75) is 82.3 Å². The zero-order chi connectivity index (χ0) is 14.9. The third-order valence-electron chi connectivity index (χ3n) is 5.00. The largest absolute Gasteiger partial charge is 0.435 e. The van der Waals surface area contributed by atoms with E-state index >= 15 is 0 Å². The van der Waals surface area contributed by atoms with Gasteiger partial charge in [-0.15, -0.1) is 0 Å². The fraction of sp³-hybridized carbons (Fsp3) is 0.812. The molecule has 0 saturated heterocycles. The monoisotopic (exact) mass is 300 g/mol. The van der Waals surface area contributed by atoms with E-state index in [1.54, 1.807) is 4.68 Å². The summed E-state index contributed by atoms with van der Waals surface area (Å²) in [7, 11) is 0. The van der Waals surface area contributed by atoms with Gasteiger partial charge in [0.2, 0.25) is 0 Å². The summed E-state index contributed by atoms with van der Waals surface area (Å²) in [6, 6.07) is 1.50. The molecule has 21 heavy (non-hydrogen) atoms. The lowest BCUT2D eigenvalue weighted by molar-refractivity contribution is -0.141. The normalized spacial score (nSPS) is 22.6. The Balaban J connectivity index is 1.92. The van der Waals surface area contributed by atoms with Gasteiger partial charge in [0.25, 0.3) is 0 Å². The summed E-state index contributed by atoms with van der Waals surface area (Å²) in [5.41, 5.74) is 0.141. The van der Waals surface area contributed by atoms with Crippen LogP contribution >= 0.6 is 0 Å². The molecule has 1 aromatic rings. The lowest BCUT2D eigenvalue weighted by Crippen LogP contribution is -2.19. The van der Waals surface area contributed by atoms with Gasteiger partial charge < -0.3 is 0 Å². The van der Waals surface area contributed by atoms with Crippen LogP contribution in [0.1, 0.15) is 87.6 Å². The molecule has 0 spiro atoms. The molecular formula is C16H23F3N2. The number of rotatable bonds is 2. The summed E-state index contributed by atoms with van der Waals surface area (Å²) in [5, 5.41) is 3.97. The van der Waals surface area contributed by atoms with Crippen molar-refractivity contribution in [3.63, 3.8) is 0 Å². The van der Waals surface area contributed by atoms with Crippen LogP contribution in [0, 0.1) is 0 Å². The van der Waals surface area contributed by atoms with Gasteiger partial charge in [-0.1, -0.05) is 38.5 Å². The van der Waals surface area contributed by atoms with Crippen LogP contribution in [0.2, 0.25) is 0 Å². The zero-order valence-corrected chi connectivity index (χ0v) is 12.3. The van der Waals surface area contributed by atoms with Gasteiger partial charge in [-0.3, -0.25) is 4.68 Å². The van der Waals surface area contributed by atoms with Crippen LogP contribution in [0.25, 0.3) is 0 Å². The van der Waals surface area contributed by atoms with E-state index in [0.29, 0.717) is 0 Å². The lowest BCUT2D eigenvalue weighted by atomic mass is 9.86. The van der Waals surface area contributed by atoms with Crippen molar-refractivity contribution in [3.05, 3.63) is 17.5 Å². The number of aromatic nitrogens is 2. The second-order valence-electron chi connectivity index (χ2n) is 6.52. The molecule has 0 unspecified atom stereocenters. The standard InChI is InChI=1S/C16H23F3N2/c17-16(18,19)15-11-14(12-7-3-1-4-8-12)21(20-15)13-9-5-2-6-10-13/h11-13H,1-10H2. The minimum atomic E-state index is -4.33. The van der Waals surface area contributed by atoms with Gasteiger partial charge in [0.1, 0.15) is 0 Å². The van der Waals surface area contributed by atoms with E-state index in [1.807, 2.05) is 0 Å². The first-order valence-corrected chi connectivity index (χ1v) is 8.22. The molecule has 1 aromatic heterocycles. The number of nitrogens with zero attached hydrogens (tertiary/aromatic N) is 2. The lowest BCUT2D eigenvalue weighted by Gasteiger charge is -2.28. The molecule has 118 valence electrons. The Morgan fingerprint density at radius 3 is 2.05 bits per heavy atom. The van der Waals surface area contributed by atoms with E-state index in [1.165, 1.54) is 18.9 Å². The highest BCUT2D eigenvalue weighted by Gasteiger charge is 2.37. The smallest absolute Gasteiger partial charge is 0.266 e. The van der Waals surface area contributed by atoms with Gasteiger partial charge in [-0.25, -0.2) is 0 Å². The predicted molar refractivity (Wildman–Crippen MR) is 75.2 cm³/mol. The first-order chi connectivity index (χ1) is 10.1. The van der Waals surface area contributed by atoms with Crippen molar-refractivity contribution < 1.29 is 13.2 Å². The fourth-order valence-electron chi connectivity index (χ4n) is 3.87. The van der Waals surface area contributed by atoms with Crippen LogP contribution in [0.15, 0.2) is 6.07 Å². The Bertz CT molecular complexity index is 431. The predicted octanol–water partition coefficient (Wildman–Crippen LogP) is 5.45. The van der Waals surface area contributed by atoms with Crippen molar-refractivity contribution in [3.8, 4) is 0 Å². The maximum Gasteiger partial charge on any atom is 0.435 e. The molecule has 3 rings (SSSR count). The highest BCUT2D eigenvalue weighted by molar-refractivity contribution is 5.18. The third kappa shape index (κ3) is 3.27. The van der Waals surface area contributed by atoms with Crippen molar-refractivity contribution >= 4 is 0 Å². The van der Waals surface area contributed by atoms with E-state index < -0.39 is 11.9 Å². The van der Waals surface area contributed by atoms with Gasteiger partial charge in [-0.05, 0) is 31.7 Å². The average Bonchev–Trinajstić information content (AvgIpc) is 2.94. The summed E-state index contributed by atoms with van der Waals surface area (Å²) in [6.07, 6.45) is 6.50. The third-order valence-corrected chi connectivity index (χ3v) is 5.00. The maximum atomic E-state index is 13.0. The summed E-state index contributed by atoms with van der Waals surface area (Å²) in [5.74, 6) is 0.268. The molecule has 2 aliphatic rings. The summed E-state index contributed by atoms with van der Waals surface area (Å²) in [4.78, 5) is 0. The Morgan fingerprint density at radius 2 is 1.48 bits per heavy atom. The molecule has 2 saturated carbocycles. The van der Waals surface area contributed by atoms with Crippen LogP contribution in [0.3, 0.4) is 0 Å². The zero-order valence-electron chi connectivity index (χ0n) is 12.3. The molecule has 0 amide bonds. The summed E-state index contributed by atoms with van der Waals surface area (Å²) >= 11 is 0. The molecule has 0 N–H and O–H groups in total. The first-order valence-electron chi connectivity index (χ1n) is 8.22. The SMILES string of the molecule is FC(F)(F)c1cc(C2CCCCC2)n(C2CCCCC2)n1. The minimum Gasteiger partial charge on any atom is -0.266 e.